The second-order valence-corrected chi connectivity index (χ2v) is 6.36. The molecule has 1 aromatic heterocycles. The summed E-state index contributed by atoms with van der Waals surface area (Å²) in [6.07, 6.45) is 6.70. The number of carbonyl (C=O) groups is 1. The van der Waals surface area contributed by atoms with Crippen LogP contribution in [0.2, 0.25) is 0 Å². The van der Waals surface area contributed by atoms with Crippen LogP contribution in [0.15, 0.2) is 42.7 Å². The molecule has 1 aromatic carbocycles. The lowest BCUT2D eigenvalue weighted by atomic mass is 9.93. The van der Waals surface area contributed by atoms with Crippen LogP contribution in [0.5, 0.6) is 0 Å². The fourth-order valence-corrected chi connectivity index (χ4v) is 3.06. The summed E-state index contributed by atoms with van der Waals surface area (Å²) < 4.78 is 1.87. The van der Waals surface area contributed by atoms with Gasteiger partial charge in [-0.25, -0.2) is 4.79 Å². The Labute approximate surface area is 141 Å². The predicted octanol–water partition coefficient (Wildman–Crippen LogP) is 2.03. The van der Waals surface area contributed by atoms with Crippen LogP contribution in [0.25, 0.3) is 0 Å². The van der Waals surface area contributed by atoms with Crippen molar-refractivity contribution in [3.8, 4) is 0 Å². The molecule has 0 atom stereocenters. The van der Waals surface area contributed by atoms with E-state index in [0.717, 1.165) is 43.4 Å². The van der Waals surface area contributed by atoms with Gasteiger partial charge in [0.05, 0.1) is 12.6 Å². The Kier molecular flexibility index (Phi) is 5.48. The van der Waals surface area contributed by atoms with E-state index in [1.807, 2.05) is 29.1 Å². The summed E-state index contributed by atoms with van der Waals surface area (Å²) >= 11 is 0. The number of aromatic nitrogens is 2. The number of hydrogen-bond acceptors (Lipinski definition) is 3. The maximum absolute atomic E-state index is 12.0. The molecule has 128 valence electrons. The van der Waals surface area contributed by atoms with E-state index >= 15 is 0 Å². The minimum absolute atomic E-state index is 0.145. The number of nitrogens with zero attached hydrogens (tertiary/aromatic N) is 2. The molecular formula is C18H24N4O2. The topological polar surface area (TPSA) is 79.2 Å². The summed E-state index contributed by atoms with van der Waals surface area (Å²) in [5.41, 5.74) is 2.22. The smallest absolute Gasteiger partial charge is 0.315 e. The third kappa shape index (κ3) is 4.83. The van der Waals surface area contributed by atoms with Gasteiger partial charge in [0, 0.05) is 25.0 Å². The van der Waals surface area contributed by atoms with E-state index in [0.29, 0.717) is 6.54 Å². The molecule has 0 radical (unpaired) electrons. The maximum atomic E-state index is 12.0. The molecule has 6 nitrogen and oxygen atoms in total. The molecule has 0 saturated heterocycles. The van der Waals surface area contributed by atoms with Crippen molar-refractivity contribution in [1.82, 2.24) is 20.4 Å². The first-order valence-electron chi connectivity index (χ1n) is 8.47. The van der Waals surface area contributed by atoms with Crippen LogP contribution in [0.3, 0.4) is 0 Å². The summed E-state index contributed by atoms with van der Waals surface area (Å²) in [5, 5.41) is 19.6. The van der Waals surface area contributed by atoms with Gasteiger partial charge < -0.3 is 15.7 Å². The minimum Gasteiger partial charge on any atom is -0.393 e. The van der Waals surface area contributed by atoms with Crippen molar-refractivity contribution in [2.45, 2.75) is 50.9 Å². The molecule has 2 aromatic rings. The van der Waals surface area contributed by atoms with E-state index < -0.39 is 0 Å². The second-order valence-electron chi connectivity index (χ2n) is 6.36. The van der Waals surface area contributed by atoms with Gasteiger partial charge in [-0.15, -0.1) is 0 Å². The van der Waals surface area contributed by atoms with Crippen LogP contribution in [-0.2, 0) is 13.1 Å². The van der Waals surface area contributed by atoms with E-state index in [4.69, 9.17) is 0 Å². The van der Waals surface area contributed by atoms with Crippen LogP contribution in [0.1, 0.15) is 36.8 Å². The molecule has 0 aliphatic heterocycles. The zero-order chi connectivity index (χ0) is 16.8. The van der Waals surface area contributed by atoms with Crippen LogP contribution in [-0.4, -0.2) is 33.1 Å². The van der Waals surface area contributed by atoms with Crippen LogP contribution < -0.4 is 10.6 Å². The highest BCUT2D eigenvalue weighted by molar-refractivity contribution is 5.74. The first-order chi connectivity index (χ1) is 11.7. The van der Waals surface area contributed by atoms with Crippen molar-refractivity contribution in [3.63, 3.8) is 0 Å². The fourth-order valence-electron chi connectivity index (χ4n) is 3.06. The van der Waals surface area contributed by atoms with Crippen molar-refractivity contribution in [3.05, 3.63) is 53.9 Å². The number of carbonyl (C=O) groups excluding carboxylic acids is 1. The third-order valence-corrected chi connectivity index (χ3v) is 4.38. The lowest BCUT2D eigenvalue weighted by molar-refractivity contribution is 0.117. The lowest BCUT2D eigenvalue weighted by Gasteiger charge is -2.26. The quantitative estimate of drug-likeness (QED) is 0.786. The zero-order valence-electron chi connectivity index (χ0n) is 13.7. The average Bonchev–Trinajstić information content (AvgIpc) is 3.08. The molecule has 0 spiro atoms. The highest BCUT2D eigenvalue weighted by Gasteiger charge is 2.20. The molecule has 1 fully saturated rings. The van der Waals surface area contributed by atoms with Gasteiger partial charge in [-0.05, 0) is 42.9 Å². The van der Waals surface area contributed by atoms with E-state index in [1.165, 1.54) is 0 Å². The monoisotopic (exact) mass is 328 g/mol. The van der Waals surface area contributed by atoms with Crippen LogP contribution in [0, 0.1) is 0 Å². The van der Waals surface area contributed by atoms with Gasteiger partial charge in [-0.2, -0.15) is 5.10 Å². The molecule has 2 amide bonds. The van der Waals surface area contributed by atoms with Gasteiger partial charge in [0.15, 0.2) is 0 Å². The lowest BCUT2D eigenvalue weighted by Crippen LogP contribution is -2.43. The van der Waals surface area contributed by atoms with Gasteiger partial charge in [0.2, 0.25) is 0 Å². The van der Waals surface area contributed by atoms with E-state index in [1.54, 1.807) is 6.20 Å². The van der Waals surface area contributed by atoms with E-state index in [-0.39, 0.29) is 18.2 Å². The second kappa shape index (κ2) is 7.97. The largest absolute Gasteiger partial charge is 0.393 e. The summed E-state index contributed by atoms with van der Waals surface area (Å²) in [6, 6.07) is 10.1. The number of nitrogens with one attached hydrogen (secondary N) is 2. The number of aliphatic hydroxyl groups is 1. The summed E-state index contributed by atoms with van der Waals surface area (Å²) in [5.74, 6) is 0. The molecule has 0 bridgehead atoms. The highest BCUT2D eigenvalue weighted by Crippen LogP contribution is 2.18. The Morgan fingerprint density at radius 2 is 2.00 bits per heavy atom. The van der Waals surface area contributed by atoms with Crippen LogP contribution >= 0.6 is 0 Å². The van der Waals surface area contributed by atoms with Gasteiger partial charge in [-0.3, -0.25) is 4.68 Å². The molecule has 1 saturated carbocycles. The molecule has 1 aliphatic rings. The Hall–Kier alpha value is -2.34. The summed E-state index contributed by atoms with van der Waals surface area (Å²) in [7, 11) is 0. The maximum Gasteiger partial charge on any atom is 0.315 e. The zero-order valence-corrected chi connectivity index (χ0v) is 13.7. The van der Waals surface area contributed by atoms with Crippen molar-refractivity contribution < 1.29 is 9.90 Å². The molecular weight excluding hydrogens is 304 g/mol. The van der Waals surface area contributed by atoms with Crippen LogP contribution in [0.4, 0.5) is 4.79 Å². The van der Waals surface area contributed by atoms with E-state index in [2.05, 4.69) is 27.9 Å². The normalized spacial score (nSPS) is 20.5. The molecule has 24 heavy (non-hydrogen) atoms. The van der Waals surface area contributed by atoms with Crippen molar-refractivity contribution in [2.24, 2.45) is 0 Å². The standard InChI is InChI=1S/C18H24N4O2/c23-17-7-5-16(6-8-17)21-18(24)19-12-14-3-1-4-15(11-14)13-22-10-2-9-20-22/h1-4,9-11,16-17,23H,5-8,12-13H2,(H2,19,21,24). The van der Waals surface area contributed by atoms with E-state index in [9.17, 15) is 9.90 Å². The summed E-state index contributed by atoms with van der Waals surface area (Å²) in [4.78, 5) is 12.0. The minimum atomic E-state index is -0.205. The summed E-state index contributed by atoms with van der Waals surface area (Å²) in [6.45, 7) is 1.21. The SMILES string of the molecule is O=C(NCc1cccc(Cn2cccn2)c1)NC1CCC(O)CC1. The Balaban J connectivity index is 1.46. The number of benzene rings is 1. The van der Waals surface area contributed by atoms with Crippen molar-refractivity contribution in [1.29, 1.82) is 0 Å². The van der Waals surface area contributed by atoms with Crippen molar-refractivity contribution >= 4 is 6.03 Å². The van der Waals surface area contributed by atoms with Gasteiger partial charge in [0.25, 0.3) is 0 Å². The predicted molar refractivity (Wildman–Crippen MR) is 91.4 cm³/mol. The molecule has 6 heteroatoms. The Morgan fingerprint density at radius 1 is 1.21 bits per heavy atom. The average molecular weight is 328 g/mol. The van der Waals surface area contributed by atoms with Gasteiger partial charge >= 0.3 is 6.03 Å². The van der Waals surface area contributed by atoms with Gasteiger partial charge in [0.1, 0.15) is 0 Å². The molecule has 1 heterocycles. The molecule has 0 unspecified atom stereocenters. The first-order valence-corrected chi connectivity index (χ1v) is 8.47. The Morgan fingerprint density at radius 3 is 2.75 bits per heavy atom. The third-order valence-electron chi connectivity index (χ3n) is 4.38. The Bertz CT molecular complexity index is 649. The highest BCUT2D eigenvalue weighted by atomic mass is 16.3. The van der Waals surface area contributed by atoms with Gasteiger partial charge in [-0.1, -0.05) is 24.3 Å². The number of urea groups is 1. The first kappa shape index (κ1) is 16.5. The number of hydrogen-bond donors (Lipinski definition) is 3. The fraction of sp³-hybridized carbons (Fsp3) is 0.444. The molecule has 3 rings (SSSR count). The number of amides is 2. The molecule has 1 aliphatic carbocycles. The number of aliphatic hydroxyl groups excluding tert-OH is 1. The van der Waals surface area contributed by atoms with Crippen molar-refractivity contribution in [2.75, 3.05) is 0 Å². The molecule has 3 N–H and O–H groups in total. The number of rotatable bonds is 5.